The van der Waals surface area contributed by atoms with Gasteiger partial charge in [-0.1, -0.05) is 0 Å². The van der Waals surface area contributed by atoms with Crippen molar-refractivity contribution in [3.05, 3.63) is 23.5 Å². The molecule has 1 aliphatic rings. The van der Waals surface area contributed by atoms with E-state index in [-0.39, 0.29) is 23.7 Å². The maximum absolute atomic E-state index is 12.8. The second-order valence-corrected chi connectivity index (χ2v) is 8.39. The number of pyridine rings is 1. The number of nitrogens with zero attached hydrogens (tertiary/aromatic N) is 3. The molecule has 1 fully saturated rings. The van der Waals surface area contributed by atoms with Crippen molar-refractivity contribution in [3.8, 4) is 0 Å². The minimum Gasteiger partial charge on any atom is -0.382 e. The van der Waals surface area contributed by atoms with E-state index in [4.69, 9.17) is 9.47 Å². The van der Waals surface area contributed by atoms with Crippen LogP contribution in [-0.2, 0) is 25.7 Å². The van der Waals surface area contributed by atoms with Crippen LogP contribution in [0.3, 0.4) is 0 Å². The van der Waals surface area contributed by atoms with Crippen LogP contribution in [0.25, 0.3) is 0 Å². The lowest BCUT2D eigenvalue weighted by molar-refractivity contribution is -0.141. The Morgan fingerprint density at radius 3 is 2.36 bits per heavy atom. The van der Waals surface area contributed by atoms with Gasteiger partial charge in [0.2, 0.25) is 10.0 Å². The van der Waals surface area contributed by atoms with Crippen molar-refractivity contribution >= 4 is 10.0 Å². The summed E-state index contributed by atoms with van der Waals surface area (Å²) in [4.78, 5) is 5.39. The quantitative estimate of drug-likeness (QED) is 0.562. The van der Waals surface area contributed by atoms with E-state index in [1.165, 1.54) is 11.2 Å². The lowest BCUT2D eigenvalue weighted by atomic mass is 10.3. The maximum Gasteiger partial charge on any atom is 0.433 e. The van der Waals surface area contributed by atoms with E-state index in [2.05, 4.69) is 9.88 Å². The minimum absolute atomic E-state index is 0.148. The van der Waals surface area contributed by atoms with Crippen LogP contribution in [-0.4, -0.2) is 82.3 Å². The Bertz CT molecular complexity index is 736. The number of aryl methyl sites for hydroxylation is 1. The van der Waals surface area contributed by atoms with Gasteiger partial charge in [-0.15, -0.1) is 0 Å². The van der Waals surface area contributed by atoms with Gasteiger partial charge in [0.15, 0.2) is 0 Å². The molecule has 28 heavy (non-hydrogen) atoms. The van der Waals surface area contributed by atoms with Gasteiger partial charge in [-0.2, -0.15) is 17.5 Å². The van der Waals surface area contributed by atoms with Crippen LogP contribution >= 0.6 is 0 Å². The van der Waals surface area contributed by atoms with Gasteiger partial charge < -0.3 is 14.4 Å². The summed E-state index contributed by atoms with van der Waals surface area (Å²) in [5, 5.41) is 0. The first-order chi connectivity index (χ1) is 13.2. The Kier molecular flexibility index (Phi) is 8.19. The lowest BCUT2D eigenvalue weighted by Gasteiger charge is -2.34. The molecule has 0 unspecified atom stereocenters. The second-order valence-electron chi connectivity index (χ2n) is 6.48. The Labute approximate surface area is 163 Å². The van der Waals surface area contributed by atoms with E-state index >= 15 is 0 Å². The van der Waals surface area contributed by atoms with Crippen LogP contribution in [0, 0.1) is 6.92 Å². The molecule has 0 bridgehead atoms. The van der Waals surface area contributed by atoms with Crippen molar-refractivity contribution in [2.75, 3.05) is 59.7 Å². The van der Waals surface area contributed by atoms with Crippen molar-refractivity contribution in [1.29, 1.82) is 0 Å². The molecule has 2 rings (SSSR count). The van der Waals surface area contributed by atoms with Gasteiger partial charge in [-0.25, -0.2) is 13.4 Å². The molecule has 1 aromatic heterocycles. The first-order valence-corrected chi connectivity index (χ1v) is 10.4. The monoisotopic (exact) mass is 425 g/mol. The SMILES string of the molecule is COCCOCCCN1CCN(S(=O)(=O)c2ccc(C(F)(F)F)nc2C)CC1. The summed E-state index contributed by atoms with van der Waals surface area (Å²) < 4.78 is 75.4. The molecule has 0 spiro atoms. The molecule has 0 aliphatic carbocycles. The Balaban J connectivity index is 1.89. The van der Waals surface area contributed by atoms with Gasteiger partial charge in [0.25, 0.3) is 0 Å². The fourth-order valence-corrected chi connectivity index (χ4v) is 4.53. The number of piperazine rings is 1. The maximum atomic E-state index is 12.8. The first kappa shape index (κ1) is 23.0. The average Bonchev–Trinajstić information content (AvgIpc) is 2.64. The highest BCUT2D eigenvalue weighted by Crippen LogP contribution is 2.29. The van der Waals surface area contributed by atoms with E-state index in [1.807, 2.05) is 0 Å². The summed E-state index contributed by atoms with van der Waals surface area (Å²) in [7, 11) is -2.27. The minimum atomic E-state index is -4.61. The van der Waals surface area contributed by atoms with E-state index in [0.717, 1.165) is 19.0 Å². The van der Waals surface area contributed by atoms with Crippen molar-refractivity contribution in [3.63, 3.8) is 0 Å². The second kappa shape index (κ2) is 9.97. The topological polar surface area (TPSA) is 72.0 Å². The number of alkyl halides is 3. The van der Waals surface area contributed by atoms with E-state index in [9.17, 15) is 21.6 Å². The van der Waals surface area contributed by atoms with Crippen molar-refractivity contribution in [1.82, 2.24) is 14.2 Å². The highest BCUT2D eigenvalue weighted by atomic mass is 32.2. The zero-order valence-electron chi connectivity index (χ0n) is 16.0. The summed E-state index contributed by atoms with van der Waals surface area (Å²) in [6.45, 7) is 5.47. The van der Waals surface area contributed by atoms with Crippen molar-refractivity contribution < 1.29 is 31.1 Å². The van der Waals surface area contributed by atoms with Crippen LogP contribution in [0.5, 0.6) is 0 Å². The smallest absolute Gasteiger partial charge is 0.382 e. The third kappa shape index (κ3) is 6.11. The number of ether oxygens (including phenoxy) is 2. The van der Waals surface area contributed by atoms with Crippen LogP contribution in [0.15, 0.2) is 17.0 Å². The third-order valence-corrected chi connectivity index (χ3v) is 6.50. The van der Waals surface area contributed by atoms with Gasteiger partial charge in [0.1, 0.15) is 10.6 Å². The molecule has 0 saturated carbocycles. The zero-order valence-corrected chi connectivity index (χ0v) is 16.9. The summed E-state index contributed by atoms with van der Waals surface area (Å²) in [5.74, 6) is 0. The van der Waals surface area contributed by atoms with E-state index in [0.29, 0.717) is 39.0 Å². The van der Waals surface area contributed by atoms with Crippen molar-refractivity contribution in [2.45, 2.75) is 24.4 Å². The first-order valence-electron chi connectivity index (χ1n) is 9.00. The van der Waals surface area contributed by atoms with Crippen LogP contribution in [0.2, 0.25) is 0 Å². The zero-order chi connectivity index (χ0) is 20.8. The summed E-state index contributed by atoms with van der Waals surface area (Å²) in [6, 6.07) is 1.70. The third-order valence-electron chi connectivity index (χ3n) is 4.47. The number of aromatic nitrogens is 1. The molecular formula is C17H26F3N3O4S. The summed E-state index contributed by atoms with van der Waals surface area (Å²) >= 11 is 0. The molecule has 0 aromatic carbocycles. The number of sulfonamides is 1. The highest BCUT2D eigenvalue weighted by Gasteiger charge is 2.35. The van der Waals surface area contributed by atoms with Gasteiger partial charge in [-0.3, -0.25) is 0 Å². The van der Waals surface area contributed by atoms with E-state index < -0.39 is 21.9 Å². The average molecular weight is 425 g/mol. The summed E-state index contributed by atoms with van der Waals surface area (Å²) in [6.07, 6.45) is -3.77. The molecule has 0 atom stereocenters. The van der Waals surface area contributed by atoms with Crippen LogP contribution in [0.1, 0.15) is 17.8 Å². The van der Waals surface area contributed by atoms with Gasteiger partial charge in [-0.05, 0) is 25.5 Å². The fourth-order valence-electron chi connectivity index (χ4n) is 2.95. The summed E-state index contributed by atoms with van der Waals surface area (Å²) in [5.41, 5.74) is -1.24. The predicted molar refractivity (Wildman–Crippen MR) is 96.5 cm³/mol. The van der Waals surface area contributed by atoms with Gasteiger partial charge in [0.05, 0.1) is 18.9 Å². The molecule has 2 heterocycles. The molecule has 1 aromatic rings. The van der Waals surface area contributed by atoms with Gasteiger partial charge >= 0.3 is 6.18 Å². The largest absolute Gasteiger partial charge is 0.433 e. The number of halogens is 3. The molecule has 11 heteroatoms. The number of hydrogen-bond acceptors (Lipinski definition) is 6. The number of methoxy groups -OCH3 is 1. The van der Waals surface area contributed by atoms with Crippen molar-refractivity contribution in [2.24, 2.45) is 0 Å². The molecule has 160 valence electrons. The number of rotatable bonds is 9. The molecular weight excluding hydrogens is 399 g/mol. The Morgan fingerprint density at radius 2 is 1.79 bits per heavy atom. The van der Waals surface area contributed by atoms with E-state index in [1.54, 1.807) is 7.11 Å². The fraction of sp³-hybridized carbons (Fsp3) is 0.706. The van der Waals surface area contributed by atoms with Gasteiger partial charge in [0, 0.05) is 46.4 Å². The molecule has 0 amide bonds. The molecule has 1 saturated heterocycles. The highest BCUT2D eigenvalue weighted by molar-refractivity contribution is 7.89. The Morgan fingerprint density at radius 1 is 1.11 bits per heavy atom. The molecule has 0 N–H and O–H groups in total. The normalized spacial score (nSPS) is 17.2. The van der Waals surface area contributed by atoms with Crippen LogP contribution in [0.4, 0.5) is 13.2 Å². The molecule has 7 nitrogen and oxygen atoms in total. The number of hydrogen-bond donors (Lipinski definition) is 0. The standard InChI is InChI=1S/C17H26F3N3O4S/c1-14-15(4-5-16(21-14)17(18,19)20)28(24,25)23-9-7-22(8-10-23)6-3-11-27-13-12-26-2/h4-5H,3,6-13H2,1-2H3. The Hall–Kier alpha value is -1.27. The lowest BCUT2D eigenvalue weighted by Crippen LogP contribution is -2.49. The molecule has 1 aliphatic heterocycles. The predicted octanol–water partition coefficient (Wildman–Crippen LogP) is 1.77. The van der Waals surface area contributed by atoms with Crippen LogP contribution < -0.4 is 0 Å². The molecule has 0 radical (unpaired) electrons.